The van der Waals surface area contributed by atoms with Crippen molar-refractivity contribution in [3.05, 3.63) is 71.3 Å². The molecule has 0 saturated heterocycles. The second kappa shape index (κ2) is 10.1. The predicted molar refractivity (Wildman–Crippen MR) is 131 cm³/mol. The molecule has 1 aliphatic rings. The summed E-state index contributed by atoms with van der Waals surface area (Å²) in [5.74, 6) is -0.403. The number of Topliss-reactive ketones (excluding diaryl/α,β-unsaturated/α-hetero) is 2. The van der Waals surface area contributed by atoms with Gasteiger partial charge >= 0.3 is 0 Å². The average molecular weight is 441 g/mol. The summed E-state index contributed by atoms with van der Waals surface area (Å²) in [5, 5.41) is 17.5. The third kappa shape index (κ3) is 7.11. The maximum Gasteiger partial charge on any atom is 0.160 e. The smallest absolute Gasteiger partial charge is 0.160 e. The van der Waals surface area contributed by atoms with Gasteiger partial charge in [0.25, 0.3) is 0 Å². The third-order valence-corrected chi connectivity index (χ3v) is 6.18. The van der Waals surface area contributed by atoms with Gasteiger partial charge in [0, 0.05) is 5.41 Å². The van der Waals surface area contributed by atoms with E-state index >= 15 is 0 Å². The molecule has 0 heterocycles. The van der Waals surface area contributed by atoms with Gasteiger partial charge in [-0.3, -0.25) is 9.59 Å². The lowest BCUT2D eigenvalue weighted by Crippen LogP contribution is -2.27. The summed E-state index contributed by atoms with van der Waals surface area (Å²) < 4.78 is 0. The van der Waals surface area contributed by atoms with Crippen molar-refractivity contribution in [1.82, 2.24) is 0 Å². The van der Waals surface area contributed by atoms with Crippen molar-refractivity contribution in [1.29, 1.82) is 0 Å². The van der Waals surface area contributed by atoms with E-state index < -0.39 is 11.2 Å². The number of carbonyl (C=O) groups excluding carboxylic acids is 2. The summed E-state index contributed by atoms with van der Waals surface area (Å²) in [6.07, 6.45) is 1.18. The number of ketones is 2. The lowest BCUT2D eigenvalue weighted by atomic mass is 9.75. The summed E-state index contributed by atoms with van der Waals surface area (Å²) in [5.41, 5.74) is 2.59. The summed E-state index contributed by atoms with van der Waals surface area (Å²) in [6.45, 7) is 15.7. The summed E-state index contributed by atoms with van der Waals surface area (Å²) in [6, 6.07) is 19.8. The molecule has 0 aromatic heterocycles. The normalized spacial score (nSPS) is 19.0. The van der Waals surface area contributed by atoms with E-state index in [4.69, 9.17) is 10.2 Å². The largest absolute Gasteiger partial charge is 0.383 e. The highest BCUT2D eigenvalue weighted by Crippen LogP contribution is 2.52. The van der Waals surface area contributed by atoms with Crippen LogP contribution in [0.4, 0.5) is 0 Å². The number of rotatable bonds is 3. The van der Waals surface area contributed by atoms with Gasteiger partial charge in [-0.25, -0.2) is 0 Å². The average Bonchev–Trinajstić information content (AvgIpc) is 2.89. The maximum atomic E-state index is 10.2. The lowest BCUT2D eigenvalue weighted by molar-refractivity contribution is -0.132. The van der Waals surface area contributed by atoms with Gasteiger partial charge in [0.15, 0.2) is 11.6 Å². The zero-order chi connectivity index (χ0) is 25.0. The number of hydrogen-bond acceptors (Lipinski definition) is 4. The SMILES string of the molecule is CC(=O)C(C)(C)O.CC(=O)C(C)(C)O.CC1(C)CC(C)(c2ccccc2)c2ccccc21. The molecular formula is C28H40O4. The number of fused-ring (bicyclic) bond motifs is 1. The number of hydrogen-bond donors (Lipinski definition) is 2. The topological polar surface area (TPSA) is 74.6 Å². The predicted octanol–water partition coefficient (Wildman–Crippen LogP) is 5.37. The van der Waals surface area contributed by atoms with Gasteiger partial charge in [0.1, 0.15) is 11.2 Å². The molecule has 0 saturated carbocycles. The van der Waals surface area contributed by atoms with Crippen molar-refractivity contribution < 1.29 is 19.8 Å². The second-order valence-electron chi connectivity index (χ2n) is 10.5. The van der Waals surface area contributed by atoms with Crippen molar-refractivity contribution in [3.8, 4) is 0 Å². The Morgan fingerprint density at radius 3 is 1.44 bits per heavy atom. The molecule has 0 radical (unpaired) electrons. The molecule has 0 aliphatic heterocycles. The van der Waals surface area contributed by atoms with Crippen LogP contribution in [0.15, 0.2) is 54.6 Å². The lowest BCUT2D eigenvalue weighted by Gasteiger charge is -2.28. The Bertz CT molecular complexity index is 890. The van der Waals surface area contributed by atoms with E-state index in [0.29, 0.717) is 0 Å². The standard InChI is InChI=1S/C18H20.2C5H10O2/c1-17(2)13-18(3,14-9-5-4-6-10-14)16-12-8-7-11-15(16)17;2*1-4(6)5(2,3)7/h4-12H,13H2,1-3H3;2*7H,1-3H3. The fraction of sp³-hybridized carbons (Fsp3) is 0.500. The molecule has 1 unspecified atom stereocenters. The number of carbonyl (C=O) groups is 2. The Hall–Kier alpha value is -2.30. The summed E-state index contributed by atoms with van der Waals surface area (Å²) in [7, 11) is 0. The molecule has 0 fully saturated rings. The highest BCUT2D eigenvalue weighted by molar-refractivity contribution is 5.83. The fourth-order valence-electron chi connectivity index (χ4n) is 3.69. The van der Waals surface area contributed by atoms with Crippen LogP contribution in [0.1, 0.15) is 85.4 Å². The first kappa shape index (κ1) is 27.7. The first-order chi connectivity index (χ1) is 14.4. The van der Waals surface area contributed by atoms with Crippen molar-refractivity contribution in [2.24, 2.45) is 0 Å². The quantitative estimate of drug-likeness (QED) is 0.673. The van der Waals surface area contributed by atoms with Crippen LogP contribution < -0.4 is 0 Å². The van der Waals surface area contributed by atoms with Crippen LogP contribution in [0.25, 0.3) is 0 Å². The van der Waals surface area contributed by atoms with Crippen LogP contribution in [0.2, 0.25) is 0 Å². The van der Waals surface area contributed by atoms with Gasteiger partial charge < -0.3 is 10.2 Å². The molecule has 0 bridgehead atoms. The fourth-order valence-corrected chi connectivity index (χ4v) is 3.69. The minimum Gasteiger partial charge on any atom is -0.383 e. The molecule has 2 N–H and O–H groups in total. The Kier molecular flexibility index (Phi) is 8.75. The molecule has 2 aromatic rings. The van der Waals surface area contributed by atoms with E-state index in [0.717, 1.165) is 0 Å². The molecule has 4 nitrogen and oxygen atoms in total. The Morgan fingerprint density at radius 1 is 0.719 bits per heavy atom. The van der Waals surface area contributed by atoms with E-state index in [-0.39, 0.29) is 22.4 Å². The van der Waals surface area contributed by atoms with Crippen LogP contribution >= 0.6 is 0 Å². The van der Waals surface area contributed by atoms with Crippen molar-refractivity contribution in [2.45, 2.75) is 90.8 Å². The van der Waals surface area contributed by atoms with Gasteiger partial charge in [0.05, 0.1) is 0 Å². The van der Waals surface area contributed by atoms with Crippen LogP contribution in [0.3, 0.4) is 0 Å². The zero-order valence-corrected chi connectivity index (χ0v) is 21.1. The summed E-state index contributed by atoms with van der Waals surface area (Å²) >= 11 is 0. The van der Waals surface area contributed by atoms with Crippen LogP contribution in [-0.4, -0.2) is 33.0 Å². The molecule has 4 heteroatoms. The third-order valence-electron chi connectivity index (χ3n) is 6.18. The highest BCUT2D eigenvalue weighted by Gasteiger charge is 2.45. The Morgan fingerprint density at radius 2 is 1.06 bits per heavy atom. The number of benzene rings is 2. The number of aliphatic hydroxyl groups is 2. The van der Waals surface area contributed by atoms with Crippen LogP contribution in [0.5, 0.6) is 0 Å². The van der Waals surface area contributed by atoms with Crippen molar-refractivity contribution in [2.75, 3.05) is 0 Å². The second-order valence-corrected chi connectivity index (χ2v) is 10.5. The van der Waals surface area contributed by atoms with Crippen molar-refractivity contribution in [3.63, 3.8) is 0 Å². The first-order valence-electron chi connectivity index (χ1n) is 11.1. The highest BCUT2D eigenvalue weighted by atomic mass is 16.3. The molecule has 0 spiro atoms. The van der Waals surface area contributed by atoms with E-state index in [1.54, 1.807) is 0 Å². The monoisotopic (exact) mass is 440 g/mol. The molecular weight excluding hydrogens is 400 g/mol. The van der Waals surface area contributed by atoms with Gasteiger partial charge in [0.2, 0.25) is 0 Å². The first-order valence-corrected chi connectivity index (χ1v) is 11.1. The molecule has 1 aliphatic carbocycles. The van der Waals surface area contributed by atoms with E-state index in [9.17, 15) is 9.59 Å². The van der Waals surface area contributed by atoms with Gasteiger partial charge in [-0.15, -0.1) is 0 Å². The Balaban J connectivity index is 0.000000305. The minimum atomic E-state index is -1.14. The molecule has 1 atom stereocenters. The van der Waals surface area contributed by atoms with E-state index in [1.165, 1.54) is 64.7 Å². The van der Waals surface area contributed by atoms with Gasteiger partial charge in [-0.1, -0.05) is 75.4 Å². The minimum absolute atomic E-state index is 0.154. The molecule has 176 valence electrons. The van der Waals surface area contributed by atoms with Gasteiger partial charge in [-0.05, 0) is 70.1 Å². The molecule has 2 aromatic carbocycles. The van der Waals surface area contributed by atoms with Crippen molar-refractivity contribution >= 4 is 11.6 Å². The molecule has 32 heavy (non-hydrogen) atoms. The molecule has 0 amide bonds. The van der Waals surface area contributed by atoms with E-state index in [2.05, 4.69) is 75.4 Å². The zero-order valence-electron chi connectivity index (χ0n) is 21.1. The van der Waals surface area contributed by atoms with Crippen LogP contribution in [0, 0.1) is 0 Å². The Labute approximate surface area is 193 Å². The van der Waals surface area contributed by atoms with Crippen LogP contribution in [-0.2, 0) is 20.4 Å². The van der Waals surface area contributed by atoms with Gasteiger partial charge in [-0.2, -0.15) is 0 Å². The summed E-state index contributed by atoms with van der Waals surface area (Å²) in [4.78, 5) is 20.4. The molecule has 3 rings (SSSR count). The maximum absolute atomic E-state index is 10.2. The van der Waals surface area contributed by atoms with E-state index in [1.807, 2.05) is 0 Å².